The Labute approximate surface area is 165 Å². The van der Waals surface area contributed by atoms with E-state index in [1.54, 1.807) is 0 Å². The van der Waals surface area contributed by atoms with Crippen LogP contribution in [0.3, 0.4) is 0 Å². The van der Waals surface area contributed by atoms with Crippen molar-refractivity contribution in [3.8, 4) is 0 Å². The molecule has 1 aliphatic heterocycles. The van der Waals surface area contributed by atoms with Gasteiger partial charge in [0.2, 0.25) is 0 Å². The van der Waals surface area contributed by atoms with Crippen LogP contribution in [0.2, 0.25) is 5.02 Å². The maximum absolute atomic E-state index is 6.70. The average molecular weight is 379 g/mol. The molecule has 0 aromatic heterocycles. The van der Waals surface area contributed by atoms with Gasteiger partial charge in [-0.2, -0.15) is 0 Å². The lowest BCUT2D eigenvalue weighted by atomic mass is 10.0. The second-order valence-corrected chi connectivity index (χ2v) is 7.27. The van der Waals surface area contributed by atoms with E-state index in [0.717, 1.165) is 23.4 Å². The van der Waals surface area contributed by atoms with E-state index in [1.165, 1.54) is 5.56 Å². The minimum absolute atomic E-state index is 0.276. The standard InChI is InChI=1S/C22H23ClN4/c23-18-10-6-9-17(13-18)15-27-21(24)19-11-4-5-12-20(19)26(22(27)25)14-16-7-2-1-3-8-16/h1-13,21-22H,14-15,24-25H2. The van der Waals surface area contributed by atoms with Crippen molar-refractivity contribution in [3.63, 3.8) is 0 Å². The molecular weight excluding hydrogens is 356 g/mol. The first-order valence-corrected chi connectivity index (χ1v) is 9.42. The summed E-state index contributed by atoms with van der Waals surface area (Å²) in [5.41, 5.74) is 17.8. The number of halogens is 1. The molecule has 0 bridgehead atoms. The van der Waals surface area contributed by atoms with E-state index in [2.05, 4.69) is 34.1 Å². The molecule has 1 aliphatic rings. The first kappa shape index (κ1) is 18.0. The van der Waals surface area contributed by atoms with Gasteiger partial charge in [0.15, 0.2) is 0 Å². The highest BCUT2D eigenvalue weighted by Gasteiger charge is 2.35. The fourth-order valence-corrected chi connectivity index (χ4v) is 3.87. The summed E-state index contributed by atoms with van der Waals surface area (Å²) in [6.45, 7) is 1.35. The average Bonchev–Trinajstić information content (AvgIpc) is 2.69. The fourth-order valence-electron chi connectivity index (χ4n) is 3.66. The molecule has 0 saturated heterocycles. The van der Waals surface area contributed by atoms with Crippen LogP contribution in [0.1, 0.15) is 22.9 Å². The lowest BCUT2D eigenvalue weighted by Gasteiger charge is -2.47. The molecule has 0 spiro atoms. The summed E-state index contributed by atoms with van der Waals surface area (Å²) >= 11 is 6.16. The summed E-state index contributed by atoms with van der Waals surface area (Å²) in [5, 5.41) is 0.716. The highest BCUT2D eigenvalue weighted by molar-refractivity contribution is 6.30. The van der Waals surface area contributed by atoms with E-state index in [9.17, 15) is 0 Å². The van der Waals surface area contributed by atoms with Crippen molar-refractivity contribution in [2.45, 2.75) is 25.5 Å². The second-order valence-electron chi connectivity index (χ2n) is 6.83. The first-order chi connectivity index (χ1) is 13.1. The molecule has 5 heteroatoms. The number of anilines is 1. The molecule has 4 rings (SSSR count). The van der Waals surface area contributed by atoms with Gasteiger partial charge in [0.25, 0.3) is 0 Å². The van der Waals surface area contributed by atoms with Gasteiger partial charge in [-0.3, -0.25) is 5.73 Å². The third-order valence-corrected chi connectivity index (χ3v) is 5.27. The molecule has 0 saturated carbocycles. The molecule has 4 N–H and O–H groups in total. The van der Waals surface area contributed by atoms with Crippen molar-refractivity contribution in [1.29, 1.82) is 0 Å². The van der Waals surface area contributed by atoms with Crippen molar-refractivity contribution in [2.24, 2.45) is 11.5 Å². The third-order valence-electron chi connectivity index (χ3n) is 5.03. The molecule has 2 atom stereocenters. The number of hydrogen-bond donors (Lipinski definition) is 2. The lowest BCUT2D eigenvalue weighted by molar-refractivity contribution is 0.112. The summed E-state index contributed by atoms with van der Waals surface area (Å²) in [7, 11) is 0. The van der Waals surface area contributed by atoms with E-state index in [1.807, 2.05) is 54.6 Å². The Morgan fingerprint density at radius 1 is 0.778 bits per heavy atom. The third kappa shape index (κ3) is 3.70. The van der Waals surface area contributed by atoms with Gasteiger partial charge >= 0.3 is 0 Å². The van der Waals surface area contributed by atoms with Gasteiger partial charge in [0.1, 0.15) is 6.29 Å². The summed E-state index contributed by atoms with van der Waals surface area (Å²) in [4.78, 5) is 4.31. The molecule has 3 aromatic rings. The molecule has 3 aromatic carbocycles. The number of para-hydroxylation sites is 1. The van der Waals surface area contributed by atoms with E-state index < -0.39 is 0 Å². The smallest absolute Gasteiger partial charge is 0.136 e. The van der Waals surface area contributed by atoms with Crippen LogP contribution < -0.4 is 16.4 Å². The van der Waals surface area contributed by atoms with Crippen LogP contribution in [0.5, 0.6) is 0 Å². The molecule has 0 aliphatic carbocycles. The predicted molar refractivity (Wildman–Crippen MR) is 111 cm³/mol. The van der Waals surface area contributed by atoms with Gasteiger partial charge < -0.3 is 10.6 Å². The number of benzene rings is 3. The highest BCUT2D eigenvalue weighted by Crippen LogP contribution is 2.36. The number of nitrogens with zero attached hydrogens (tertiary/aromatic N) is 2. The molecule has 4 nitrogen and oxygen atoms in total. The number of nitrogens with two attached hydrogens (primary N) is 2. The molecule has 27 heavy (non-hydrogen) atoms. The number of fused-ring (bicyclic) bond motifs is 1. The number of rotatable bonds is 4. The fraction of sp³-hybridized carbons (Fsp3) is 0.182. The Morgan fingerprint density at radius 3 is 2.26 bits per heavy atom. The van der Waals surface area contributed by atoms with Crippen LogP contribution in [0, 0.1) is 0 Å². The highest BCUT2D eigenvalue weighted by atomic mass is 35.5. The summed E-state index contributed by atoms with van der Waals surface area (Å²) in [5.74, 6) is 0. The topological polar surface area (TPSA) is 58.5 Å². The summed E-state index contributed by atoms with van der Waals surface area (Å²) in [6, 6.07) is 26.4. The van der Waals surface area contributed by atoms with Crippen LogP contribution in [0.4, 0.5) is 5.69 Å². The van der Waals surface area contributed by atoms with Gasteiger partial charge in [-0.1, -0.05) is 72.3 Å². The van der Waals surface area contributed by atoms with Gasteiger partial charge in [-0.25, -0.2) is 4.90 Å². The molecule has 1 heterocycles. The van der Waals surface area contributed by atoms with Gasteiger partial charge in [-0.15, -0.1) is 0 Å². The van der Waals surface area contributed by atoms with E-state index in [0.29, 0.717) is 11.6 Å². The second kappa shape index (κ2) is 7.71. The largest absolute Gasteiger partial charge is 0.339 e. The van der Waals surface area contributed by atoms with Crippen LogP contribution in [-0.4, -0.2) is 11.2 Å². The molecular formula is C22H23ClN4. The van der Waals surface area contributed by atoms with Gasteiger partial charge in [-0.05, 0) is 29.3 Å². The van der Waals surface area contributed by atoms with E-state index in [4.69, 9.17) is 23.1 Å². The Morgan fingerprint density at radius 2 is 1.48 bits per heavy atom. The van der Waals surface area contributed by atoms with Crippen molar-refractivity contribution >= 4 is 17.3 Å². The number of hydrogen-bond acceptors (Lipinski definition) is 4. The Balaban J connectivity index is 1.69. The van der Waals surface area contributed by atoms with Crippen LogP contribution in [-0.2, 0) is 13.1 Å². The molecule has 0 amide bonds. The monoisotopic (exact) mass is 378 g/mol. The molecule has 0 fully saturated rings. The Hall–Kier alpha value is -2.37. The maximum atomic E-state index is 6.70. The normalized spacial score (nSPS) is 19.7. The minimum Gasteiger partial charge on any atom is -0.339 e. The summed E-state index contributed by atoms with van der Waals surface area (Å²) < 4.78 is 0. The Kier molecular flexibility index (Phi) is 5.14. The minimum atomic E-state index is -0.339. The van der Waals surface area contributed by atoms with Crippen molar-refractivity contribution < 1.29 is 0 Å². The molecule has 0 radical (unpaired) electrons. The zero-order valence-electron chi connectivity index (χ0n) is 15.0. The predicted octanol–water partition coefficient (Wildman–Crippen LogP) is 4.06. The van der Waals surface area contributed by atoms with Crippen LogP contribution >= 0.6 is 11.6 Å². The molecule has 2 unspecified atom stereocenters. The zero-order chi connectivity index (χ0) is 18.8. The lowest BCUT2D eigenvalue weighted by Crippen LogP contribution is -2.59. The maximum Gasteiger partial charge on any atom is 0.136 e. The van der Waals surface area contributed by atoms with Crippen molar-refractivity contribution in [2.75, 3.05) is 4.90 Å². The quantitative estimate of drug-likeness (QED) is 0.718. The first-order valence-electron chi connectivity index (χ1n) is 9.04. The van der Waals surface area contributed by atoms with Gasteiger partial charge in [0, 0.05) is 29.4 Å². The Bertz CT molecular complexity index is 915. The van der Waals surface area contributed by atoms with Crippen molar-refractivity contribution in [3.05, 3.63) is 101 Å². The van der Waals surface area contributed by atoms with Crippen LogP contribution in [0.15, 0.2) is 78.9 Å². The molecule has 138 valence electrons. The van der Waals surface area contributed by atoms with E-state index >= 15 is 0 Å². The van der Waals surface area contributed by atoms with E-state index in [-0.39, 0.29) is 12.5 Å². The van der Waals surface area contributed by atoms with Gasteiger partial charge in [0.05, 0.1) is 6.17 Å². The zero-order valence-corrected chi connectivity index (χ0v) is 15.8. The SMILES string of the molecule is NC1c2ccccc2N(Cc2ccccc2)C(N)N1Cc1cccc(Cl)c1. The van der Waals surface area contributed by atoms with Crippen molar-refractivity contribution in [1.82, 2.24) is 4.90 Å². The van der Waals surface area contributed by atoms with Crippen LogP contribution in [0.25, 0.3) is 0 Å². The summed E-state index contributed by atoms with van der Waals surface area (Å²) in [6.07, 6.45) is -0.615.